The maximum absolute atomic E-state index is 14.2. The fourth-order valence-electron chi connectivity index (χ4n) is 14.3. The van der Waals surface area contributed by atoms with Crippen molar-refractivity contribution in [2.45, 2.75) is 38.5 Å². The fourth-order valence-corrected chi connectivity index (χ4v) is 19.6. The van der Waals surface area contributed by atoms with E-state index < -0.39 is 10.8 Å². The molecule has 10 heteroatoms. The number of nitrogens with zero attached hydrogens (tertiary/aromatic N) is 4. The minimum absolute atomic E-state index is 0.0901. The van der Waals surface area contributed by atoms with Crippen molar-refractivity contribution in [1.29, 1.82) is 21.0 Å². The second kappa shape index (κ2) is 19.6. The van der Waals surface area contributed by atoms with Crippen molar-refractivity contribution in [2.75, 3.05) is 0 Å². The number of benzene rings is 8. The molecule has 0 saturated heterocycles. The van der Waals surface area contributed by atoms with Crippen LogP contribution in [0.25, 0.3) is 73.8 Å². The number of allylic oxidation sites excluding steroid dienone is 6. The minimum Gasteiger partial charge on any atom is -0.289 e. The summed E-state index contributed by atoms with van der Waals surface area (Å²) in [5.41, 5.74) is 18.3. The quantitative estimate of drug-likeness (QED) is 0.120. The Morgan fingerprint density at radius 1 is 0.386 bits per heavy atom. The Morgan fingerprint density at radius 3 is 1.11 bits per heavy atom. The van der Waals surface area contributed by atoms with Gasteiger partial charge in [-0.15, -0.1) is 45.3 Å². The number of hydrogen-bond donors (Lipinski definition) is 0. The Morgan fingerprint density at radius 2 is 0.727 bits per heavy atom. The molecule has 4 aromatic heterocycles. The van der Waals surface area contributed by atoms with Crippen LogP contribution >= 0.6 is 45.3 Å². The van der Waals surface area contributed by atoms with E-state index in [2.05, 4.69) is 185 Å². The number of nitriles is 4. The number of rotatable bonds is 6. The molecule has 4 heterocycles. The molecule has 0 radical (unpaired) electrons. The topological polar surface area (TPSA) is 129 Å². The number of Topliss-reactive ketones (excluding diaryl/α,β-unsaturated/α-hetero) is 2. The van der Waals surface area contributed by atoms with E-state index in [1.54, 1.807) is 34.8 Å². The summed E-state index contributed by atoms with van der Waals surface area (Å²) in [6.45, 7) is 8.54. The van der Waals surface area contributed by atoms with Crippen LogP contribution in [0.4, 0.5) is 0 Å². The van der Waals surface area contributed by atoms with Crippen LogP contribution in [0.3, 0.4) is 0 Å². The standard InChI is InChI=1S/C78H44N4O2S4/c1-41-13-21-49(22-14-41)77(50-23-15-42(2)16-24-50)63-32-46-30-54(34-62-68(48(39-81)40-82)56-10-6-8-12-58(56)72(62)84)85-65(46)35-60(63)74-70(77)76-75(88-74)69-73(87-76)59-31-45-29-53(33-61-67(47(37-79)38-80)55-9-5-7-11-57(55)71(61)83)86-66(45)36-64(59)78(69,51-25-17-43(3)18-26-51)52-27-19-44(4)20-28-52/h5-36H,1-4H3/b61-33-,62-34-. The number of hydrogen-bond acceptors (Lipinski definition) is 10. The third-order valence-corrected chi connectivity index (χ3v) is 23.0. The number of thiophene rings is 4. The largest absolute Gasteiger partial charge is 0.289 e. The fraction of sp³-hybridized carbons (Fsp3) is 0.0769. The van der Waals surface area contributed by atoms with Crippen molar-refractivity contribution < 1.29 is 9.59 Å². The number of carbonyl (C=O) groups is 2. The first-order valence-electron chi connectivity index (χ1n) is 28.7. The third kappa shape index (κ3) is 7.33. The van der Waals surface area contributed by atoms with Gasteiger partial charge in [-0.25, -0.2) is 0 Å². The van der Waals surface area contributed by atoms with Gasteiger partial charge in [0.15, 0.2) is 11.6 Å². The molecule has 0 N–H and O–H groups in total. The van der Waals surface area contributed by atoms with Crippen LogP contribution in [0.2, 0.25) is 0 Å². The summed E-state index contributed by atoms with van der Waals surface area (Å²) in [5, 5.41) is 42.8. The van der Waals surface area contributed by atoms with Gasteiger partial charge in [0.05, 0.1) is 20.2 Å². The summed E-state index contributed by atoms with van der Waals surface area (Å²) in [4.78, 5) is 32.6. The van der Waals surface area contributed by atoms with Crippen molar-refractivity contribution >= 4 is 110 Å². The zero-order chi connectivity index (χ0) is 60.1. The monoisotopic (exact) mass is 1200 g/mol. The molecule has 0 fully saturated rings. The molecule has 0 amide bonds. The van der Waals surface area contributed by atoms with E-state index in [-0.39, 0.29) is 22.7 Å². The van der Waals surface area contributed by atoms with E-state index in [0.717, 1.165) is 85.6 Å². The molecule has 0 aliphatic heterocycles. The van der Waals surface area contributed by atoms with Crippen molar-refractivity contribution in [3.05, 3.63) is 303 Å². The van der Waals surface area contributed by atoms with Crippen LogP contribution in [0.1, 0.15) is 108 Å². The molecule has 6 nitrogen and oxygen atoms in total. The van der Waals surface area contributed by atoms with Gasteiger partial charge in [-0.05, 0) is 143 Å². The number of aryl methyl sites for hydroxylation is 4. The molecule has 0 bridgehead atoms. The number of fused-ring (bicyclic) bond motifs is 13. The first kappa shape index (κ1) is 53.1. The molecule has 412 valence electrons. The van der Waals surface area contributed by atoms with E-state index in [9.17, 15) is 30.6 Å². The SMILES string of the molecule is Cc1ccc(C2(c3ccc(C)cc3)c3cc4cc(/C=C5\C(=O)c6ccccc6C5=C(C#N)C#N)sc4cc3-c3sc4c5c(sc4c32)-c2cc3cc(/C=C4\C(=O)c6ccccc6C4=C(C#N)C#N)sc3cc2C5(c2ccc(C)cc2)c2ccc(C)cc2)cc1. The molecule has 88 heavy (non-hydrogen) atoms. The molecule has 16 rings (SSSR count). The van der Waals surface area contributed by atoms with Crippen LogP contribution in [0.5, 0.6) is 0 Å². The molecule has 8 aromatic carbocycles. The average molecular weight is 1200 g/mol. The Hall–Kier alpha value is -10.4. The highest BCUT2D eigenvalue weighted by molar-refractivity contribution is 7.32. The van der Waals surface area contributed by atoms with E-state index >= 15 is 0 Å². The summed E-state index contributed by atoms with van der Waals surface area (Å²) in [6, 6.07) is 72.8. The summed E-state index contributed by atoms with van der Waals surface area (Å²) in [6.07, 6.45) is 3.73. The molecule has 4 aliphatic carbocycles. The highest BCUT2D eigenvalue weighted by Gasteiger charge is 2.54. The van der Waals surface area contributed by atoms with Gasteiger partial charge in [-0.2, -0.15) is 21.0 Å². The van der Waals surface area contributed by atoms with Gasteiger partial charge < -0.3 is 0 Å². The predicted molar refractivity (Wildman–Crippen MR) is 358 cm³/mol. The molecular weight excluding hydrogens is 1150 g/mol. The van der Waals surface area contributed by atoms with Crippen LogP contribution in [0.15, 0.2) is 204 Å². The van der Waals surface area contributed by atoms with Gasteiger partial charge in [0.1, 0.15) is 35.4 Å². The van der Waals surface area contributed by atoms with Gasteiger partial charge >= 0.3 is 0 Å². The molecule has 12 aromatic rings. The predicted octanol–water partition coefficient (Wildman–Crippen LogP) is 19.5. The van der Waals surface area contributed by atoms with Crippen molar-refractivity contribution in [3.63, 3.8) is 0 Å². The highest BCUT2D eigenvalue weighted by atomic mass is 32.1. The Labute approximate surface area is 523 Å². The van der Waals surface area contributed by atoms with Crippen LogP contribution in [0, 0.1) is 73.0 Å². The Bertz CT molecular complexity index is 5020. The summed E-state index contributed by atoms with van der Waals surface area (Å²) in [5.74, 6) is -0.412. The first-order chi connectivity index (χ1) is 42.9. The van der Waals surface area contributed by atoms with Gasteiger partial charge in [-0.3, -0.25) is 9.59 Å². The molecule has 0 atom stereocenters. The smallest absolute Gasteiger partial charge is 0.194 e. The minimum atomic E-state index is -0.786. The van der Waals surface area contributed by atoms with Crippen LogP contribution in [-0.2, 0) is 10.8 Å². The molecule has 0 spiro atoms. The van der Waals surface area contributed by atoms with E-state index in [1.165, 1.54) is 41.4 Å². The van der Waals surface area contributed by atoms with Crippen molar-refractivity contribution in [1.82, 2.24) is 0 Å². The molecule has 0 saturated carbocycles. The lowest BCUT2D eigenvalue weighted by Crippen LogP contribution is -2.29. The zero-order valence-corrected chi connectivity index (χ0v) is 51.0. The van der Waals surface area contributed by atoms with E-state index in [1.807, 2.05) is 71.2 Å². The maximum Gasteiger partial charge on any atom is 0.194 e. The van der Waals surface area contributed by atoms with Gasteiger partial charge in [0.2, 0.25) is 0 Å². The summed E-state index contributed by atoms with van der Waals surface area (Å²) in [7, 11) is 0. The lowest BCUT2D eigenvalue weighted by Gasteiger charge is -2.34. The number of carbonyl (C=O) groups excluding carboxylic acids is 2. The van der Waals surface area contributed by atoms with Gasteiger partial charge in [-0.1, -0.05) is 168 Å². The normalized spacial score (nSPS) is 15.5. The lowest BCUT2D eigenvalue weighted by atomic mass is 9.66. The molecule has 0 unspecified atom stereocenters. The maximum atomic E-state index is 14.2. The van der Waals surface area contributed by atoms with E-state index in [4.69, 9.17) is 0 Å². The Kier molecular flexibility index (Phi) is 11.8. The Balaban J connectivity index is 0.975. The summed E-state index contributed by atoms with van der Waals surface area (Å²) < 4.78 is 4.57. The third-order valence-electron chi connectivity index (χ3n) is 18.3. The molecular formula is C78H44N4O2S4. The second-order valence-electron chi connectivity index (χ2n) is 23.2. The zero-order valence-electron chi connectivity index (χ0n) is 47.7. The average Bonchev–Trinajstić information content (AvgIpc) is 1.49. The van der Waals surface area contributed by atoms with Crippen LogP contribution < -0.4 is 0 Å². The van der Waals surface area contributed by atoms with Crippen molar-refractivity contribution in [2.24, 2.45) is 0 Å². The highest BCUT2D eigenvalue weighted by Crippen LogP contribution is 2.69. The second-order valence-corrected chi connectivity index (χ2v) is 27.5. The lowest BCUT2D eigenvalue weighted by molar-refractivity contribution is 0.103. The van der Waals surface area contributed by atoms with Crippen molar-refractivity contribution in [3.8, 4) is 45.2 Å². The van der Waals surface area contributed by atoms with Gasteiger partial charge in [0, 0.05) is 73.5 Å². The van der Waals surface area contributed by atoms with Crippen LogP contribution in [-0.4, -0.2) is 11.6 Å². The van der Waals surface area contributed by atoms with E-state index in [0.29, 0.717) is 44.5 Å². The number of ketones is 2. The molecule has 4 aliphatic rings. The van der Waals surface area contributed by atoms with Gasteiger partial charge in [0.25, 0.3) is 0 Å². The first-order valence-corrected chi connectivity index (χ1v) is 32.0. The summed E-state index contributed by atoms with van der Waals surface area (Å²) >= 11 is 6.97.